The summed E-state index contributed by atoms with van der Waals surface area (Å²) in [4.78, 5) is 19.0. The van der Waals surface area contributed by atoms with E-state index in [2.05, 4.69) is 10.3 Å². The molecule has 1 amide bonds. The number of likely N-dealkylation sites (N-methyl/N-ethyl adjacent to an activating group) is 1. The maximum Gasteiger partial charge on any atom is 0.242 e. The first-order valence-corrected chi connectivity index (χ1v) is 8.50. The van der Waals surface area contributed by atoms with E-state index in [-0.39, 0.29) is 11.7 Å². The van der Waals surface area contributed by atoms with Gasteiger partial charge in [0.1, 0.15) is 11.9 Å². The molecular weight excluding hydrogens is 329 g/mol. The van der Waals surface area contributed by atoms with Crippen molar-refractivity contribution in [1.29, 1.82) is 0 Å². The van der Waals surface area contributed by atoms with E-state index in [9.17, 15) is 9.18 Å². The Labute approximate surface area is 152 Å². The lowest BCUT2D eigenvalue weighted by Crippen LogP contribution is -2.36. The largest absolute Gasteiger partial charge is 0.350 e. The zero-order chi connectivity index (χ0) is 18.7. The van der Waals surface area contributed by atoms with E-state index in [1.807, 2.05) is 45.3 Å². The lowest BCUT2D eigenvalue weighted by atomic mass is 10.0. The highest BCUT2D eigenvalue weighted by molar-refractivity contribution is 5.86. The van der Waals surface area contributed by atoms with Crippen molar-refractivity contribution in [2.24, 2.45) is 0 Å². The summed E-state index contributed by atoms with van der Waals surface area (Å²) >= 11 is 0. The van der Waals surface area contributed by atoms with Crippen LogP contribution in [0, 0.1) is 12.7 Å². The molecule has 1 aromatic heterocycles. The second kappa shape index (κ2) is 7.62. The summed E-state index contributed by atoms with van der Waals surface area (Å²) in [5, 5.41) is 4.03. The van der Waals surface area contributed by atoms with Gasteiger partial charge in [0.25, 0.3) is 0 Å². The fraction of sp³-hybridized carbons (Fsp3) is 0.238. The van der Waals surface area contributed by atoms with Gasteiger partial charge in [-0.1, -0.05) is 24.3 Å². The number of amides is 1. The SMILES string of the molecule is Cc1ccc2ncccc2c1CNC(=O)[C@@H](c1cccc(F)c1)N(C)C. The molecule has 0 fully saturated rings. The Bertz CT molecular complexity index is 939. The zero-order valence-electron chi connectivity index (χ0n) is 15.2. The van der Waals surface area contributed by atoms with Crippen molar-refractivity contribution >= 4 is 16.8 Å². The lowest BCUT2D eigenvalue weighted by Gasteiger charge is -2.24. The molecule has 1 heterocycles. The van der Waals surface area contributed by atoms with Crippen LogP contribution in [-0.4, -0.2) is 29.9 Å². The van der Waals surface area contributed by atoms with Gasteiger partial charge in [-0.05, 0) is 62.0 Å². The van der Waals surface area contributed by atoms with E-state index in [0.717, 1.165) is 22.0 Å². The van der Waals surface area contributed by atoms with Crippen LogP contribution in [0.3, 0.4) is 0 Å². The molecular formula is C21H22FN3O. The second-order valence-corrected chi connectivity index (χ2v) is 6.57. The molecule has 0 radical (unpaired) electrons. The van der Waals surface area contributed by atoms with Crippen molar-refractivity contribution < 1.29 is 9.18 Å². The van der Waals surface area contributed by atoms with Crippen molar-refractivity contribution in [2.45, 2.75) is 19.5 Å². The van der Waals surface area contributed by atoms with Crippen molar-refractivity contribution in [3.8, 4) is 0 Å². The minimum Gasteiger partial charge on any atom is -0.350 e. The van der Waals surface area contributed by atoms with Gasteiger partial charge in [-0.3, -0.25) is 14.7 Å². The predicted molar refractivity (Wildman–Crippen MR) is 101 cm³/mol. The first-order chi connectivity index (χ1) is 12.5. The van der Waals surface area contributed by atoms with Crippen LogP contribution in [-0.2, 0) is 11.3 Å². The van der Waals surface area contributed by atoms with Gasteiger partial charge in [0.05, 0.1) is 5.52 Å². The van der Waals surface area contributed by atoms with Crippen LogP contribution >= 0.6 is 0 Å². The monoisotopic (exact) mass is 351 g/mol. The summed E-state index contributed by atoms with van der Waals surface area (Å²) in [7, 11) is 3.62. The molecule has 3 aromatic rings. The summed E-state index contributed by atoms with van der Waals surface area (Å²) in [5.74, 6) is -0.515. The van der Waals surface area contributed by atoms with Gasteiger partial charge in [0, 0.05) is 18.1 Å². The molecule has 4 nitrogen and oxygen atoms in total. The summed E-state index contributed by atoms with van der Waals surface area (Å²) in [6.07, 6.45) is 1.76. The molecule has 2 aromatic carbocycles. The summed E-state index contributed by atoms with van der Waals surface area (Å²) in [6.45, 7) is 2.41. The van der Waals surface area contributed by atoms with Crippen molar-refractivity contribution in [3.63, 3.8) is 0 Å². The molecule has 1 atom stereocenters. The smallest absolute Gasteiger partial charge is 0.242 e. The summed E-state index contributed by atoms with van der Waals surface area (Å²) in [6, 6.07) is 13.5. The number of aryl methyl sites for hydroxylation is 1. The molecule has 0 aliphatic heterocycles. The number of carbonyl (C=O) groups excluding carboxylic acids is 1. The third-order valence-electron chi connectivity index (χ3n) is 4.50. The molecule has 3 rings (SSSR count). The number of carbonyl (C=O) groups is 1. The van der Waals surface area contributed by atoms with E-state index in [4.69, 9.17) is 0 Å². The number of rotatable bonds is 5. The van der Waals surface area contributed by atoms with Crippen LogP contribution in [0.4, 0.5) is 4.39 Å². The molecule has 5 heteroatoms. The predicted octanol–water partition coefficient (Wildman–Crippen LogP) is 3.60. The standard InChI is InChI=1S/C21H22FN3O/c1-14-9-10-19-17(8-5-11-23-19)18(14)13-24-21(26)20(25(2)3)15-6-4-7-16(22)12-15/h4-12,20H,13H2,1-3H3,(H,24,26)/t20-/m1/s1. The number of nitrogens with zero attached hydrogens (tertiary/aromatic N) is 2. The maximum atomic E-state index is 13.6. The number of pyridine rings is 1. The average molecular weight is 351 g/mol. The number of aromatic nitrogens is 1. The van der Waals surface area contributed by atoms with Gasteiger partial charge in [0.15, 0.2) is 0 Å². The summed E-state index contributed by atoms with van der Waals surface area (Å²) in [5.41, 5.74) is 3.67. The minimum absolute atomic E-state index is 0.166. The highest BCUT2D eigenvalue weighted by atomic mass is 19.1. The van der Waals surface area contributed by atoms with Gasteiger partial charge < -0.3 is 5.32 Å². The Morgan fingerprint density at radius 1 is 1.19 bits per heavy atom. The molecule has 0 bridgehead atoms. The molecule has 0 aliphatic carbocycles. The molecule has 0 aliphatic rings. The minimum atomic E-state index is -0.556. The molecule has 0 spiro atoms. The Balaban J connectivity index is 1.85. The highest BCUT2D eigenvalue weighted by Gasteiger charge is 2.23. The third-order valence-corrected chi connectivity index (χ3v) is 4.50. The van der Waals surface area contributed by atoms with Crippen molar-refractivity contribution in [2.75, 3.05) is 14.1 Å². The normalized spacial score (nSPS) is 12.3. The van der Waals surface area contributed by atoms with E-state index < -0.39 is 6.04 Å². The molecule has 26 heavy (non-hydrogen) atoms. The van der Waals surface area contributed by atoms with Crippen LogP contribution in [0.1, 0.15) is 22.7 Å². The van der Waals surface area contributed by atoms with E-state index >= 15 is 0 Å². The number of nitrogens with one attached hydrogen (secondary N) is 1. The van der Waals surface area contributed by atoms with Crippen LogP contribution in [0.2, 0.25) is 0 Å². The van der Waals surface area contributed by atoms with E-state index in [0.29, 0.717) is 12.1 Å². The van der Waals surface area contributed by atoms with Crippen LogP contribution < -0.4 is 5.32 Å². The molecule has 1 N–H and O–H groups in total. The Morgan fingerprint density at radius 3 is 2.73 bits per heavy atom. The van der Waals surface area contributed by atoms with Gasteiger partial charge in [0.2, 0.25) is 5.91 Å². The van der Waals surface area contributed by atoms with Crippen LogP contribution in [0.25, 0.3) is 10.9 Å². The van der Waals surface area contributed by atoms with Crippen molar-refractivity contribution in [1.82, 2.24) is 15.2 Å². The summed E-state index contributed by atoms with van der Waals surface area (Å²) < 4.78 is 13.6. The number of hydrogen-bond acceptors (Lipinski definition) is 3. The van der Waals surface area contributed by atoms with Gasteiger partial charge in [-0.25, -0.2) is 4.39 Å². The molecule has 0 unspecified atom stereocenters. The molecule has 134 valence electrons. The Kier molecular flexibility index (Phi) is 5.28. The quantitative estimate of drug-likeness (QED) is 0.764. The number of halogens is 1. The topological polar surface area (TPSA) is 45.2 Å². The zero-order valence-corrected chi connectivity index (χ0v) is 15.2. The Morgan fingerprint density at radius 2 is 2.00 bits per heavy atom. The van der Waals surface area contributed by atoms with Gasteiger partial charge in [-0.2, -0.15) is 0 Å². The van der Waals surface area contributed by atoms with E-state index in [1.165, 1.54) is 12.1 Å². The number of hydrogen-bond donors (Lipinski definition) is 1. The number of fused-ring (bicyclic) bond motifs is 1. The number of benzene rings is 2. The fourth-order valence-electron chi connectivity index (χ4n) is 3.19. The maximum absolute atomic E-state index is 13.6. The fourth-order valence-corrected chi connectivity index (χ4v) is 3.19. The average Bonchev–Trinajstić information content (AvgIpc) is 2.61. The van der Waals surface area contributed by atoms with Crippen LogP contribution in [0.5, 0.6) is 0 Å². The third kappa shape index (κ3) is 3.73. The second-order valence-electron chi connectivity index (χ2n) is 6.57. The lowest BCUT2D eigenvalue weighted by molar-refractivity contribution is -0.125. The van der Waals surface area contributed by atoms with Gasteiger partial charge in [-0.15, -0.1) is 0 Å². The molecule has 0 saturated carbocycles. The van der Waals surface area contributed by atoms with E-state index in [1.54, 1.807) is 23.2 Å². The Hall–Kier alpha value is -2.79. The first kappa shape index (κ1) is 18.0. The van der Waals surface area contributed by atoms with Crippen molar-refractivity contribution in [3.05, 3.63) is 77.2 Å². The first-order valence-electron chi connectivity index (χ1n) is 8.50. The van der Waals surface area contributed by atoms with Gasteiger partial charge >= 0.3 is 0 Å². The molecule has 0 saturated heterocycles. The highest BCUT2D eigenvalue weighted by Crippen LogP contribution is 2.22. The van der Waals surface area contributed by atoms with Crippen LogP contribution in [0.15, 0.2) is 54.7 Å².